The van der Waals surface area contributed by atoms with Gasteiger partial charge in [0.2, 0.25) is 0 Å². The van der Waals surface area contributed by atoms with Gasteiger partial charge >= 0.3 is 0 Å². The predicted octanol–water partition coefficient (Wildman–Crippen LogP) is 3.06. The third kappa shape index (κ3) is 5.10. The number of allylic oxidation sites excluding steroid dienone is 1. The molecule has 1 aromatic carbocycles. The molecular formula is C23H28N4O4. The van der Waals surface area contributed by atoms with Crippen molar-refractivity contribution in [3.05, 3.63) is 77.8 Å². The second-order valence-electron chi connectivity index (χ2n) is 7.69. The third-order valence-electron chi connectivity index (χ3n) is 5.50. The molecule has 0 saturated heterocycles. The number of amides is 2. The van der Waals surface area contributed by atoms with Gasteiger partial charge in [0.15, 0.2) is 5.54 Å². The largest absolute Gasteiger partial charge is 0.361 e. The van der Waals surface area contributed by atoms with Gasteiger partial charge in [0.25, 0.3) is 11.8 Å². The molecule has 2 aromatic rings. The van der Waals surface area contributed by atoms with E-state index in [0.29, 0.717) is 17.7 Å². The van der Waals surface area contributed by atoms with E-state index in [0.717, 1.165) is 25.0 Å². The quantitative estimate of drug-likeness (QED) is 0.466. The zero-order valence-electron chi connectivity index (χ0n) is 17.7. The topological polar surface area (TPSA) is 104 Å². The maximum absolute atomic E-state index is 13.0. The minimum absolute atomic E-state index is 0.426. The van der Waals surface area contributed by atoms with E-state index in [2.05, 4.69) is 10.5 Å². The highest BCUT2D eigenvalue weighted by atomic mass is 16.7. The van der Waals surface area contributed by atoms with Crippen LogP contribution in [0.2, 0.25) is 0 Å². The smallest absolute Gasteiger partial charge is 0.274 e. The highest BCUT2D eigenvalue weighted by Gasteiger charge is 2.48. The Bertz CT molecular complexity index is 934. The molecule has 1 aliphatic heterocycles. The summed E-state index contributed by atoms with van der Waals surface area (Å²) in [6.45, 7) is 4.11. The van der Waals surface area contributed by atoms with Gasteiger partial charge < -0.3 is 4.90 Å². The lowest BCUT2D eigenvalue weighted by Gasteiger charge is -2.43. The van der Waals surface area contributed by atoms with Gasteiger partial charge in [-0.25, -0.2) is 11.0 Å². The molecule has 2 heterocycles. The van der Waals surface area contributed by atoms with Gasteiger partial charge in [-0.05, 0) is 69.1 Å². The predicted molar refractivity (Wildman–Crippen MR) is 115 cm³/mol. The van der Waals surface area contributed by atoms with Crippen LogP contribution in [0.25, 0.3) is 0 Å². The van der Waals surface area contributed by atoms with Crippen molar-refractivity contribution in [2.24, 2.45) is 0 Å². The number of nitrogens with one attached hydrogen (secondary N) is 2. The van der Waals surface area contributed by atoms with Gasteiger partial charge in [0.05, 0.1) is 0 Å². The van der Waals surface area contributed by atoms with Crippen LogP contribution in [-0.2, 0) is 9.63 Å². The third-order valence-corrected chi connectivity index (χ3v) is 5.50. The summed E-state index contributed by atoms with van der Waals surface area (Å²) in [5, 5.41) is 9.57. The van der Waals surface area contributed by atoms with Gasteiger partial charge in [-0.15, -0.1) is 0 Å². The number of hydrogen-bond donors (Lipinski definition) is 3. The van der Waals surface area contributed by atoms with E-state index in [1.807, 2.05) is 30.2 Å². The lowest BCUT2D eigenvalue weighted by atomic mass is 9.86. The summed E-state index contributed by atoms with van der Waals surface area (Å²) < 4.78 is 0. The Kier molecular flexibility index (Phi) is 7.38. The van der Waals surface area contributed by atoms with Crippen molar-refractivity contribution in [3.63, 3.8) is 0 Å². The van der Waals surface area contributed by atoms with E-state index in [1.54, 1.807) is 55.0 Å². The molecule has 0 radical (unpaired) electrons. The second-order valence-corrected chi connectivity index (χ2v) is 7.69. The maximum Gasteiger partial charge on any atom is 0.274 e. The van der Waals surface area contributed by atoms with Crippen molar-refractivity contribution in [2.75, 3.05) is 6.54 Å². The minimum atomic E-state index is -1.35. The molecule has 0 fully saturated rings. The van der Waals surface area contributed by atoms with E-state index in [9.17, 15) is 14.8 Å². The monoisotopic (exact) mass is 424 g/mol. The van der Waals surface area contributed by atoms with Crippen molar-refractivity contribution >= 4 is 11.8 Å². The van der Waals surface area contributed by atoms with Crippen LogP contribution in [0.15, 0.2) is 60.9 Å². The average molecular weight is 425 g/mol. The van der Waals surface area contributed by atoms with Crippen molar-refractivity contribution in [3.8, 4) is 0 Å². The number of hydrogen-bond acceptors (Lipinski definition) is 6. The molecule has 1 aromatic heterocycles. The van der Waals surface area contributed by atoms with E-state index in [-0.39, 0.29) is 0 Å². The summed E-state index contributed by atoms with van der Waals surface area (Å²) in [4.78, 5) is 37.6. The summed E-state index contributed by atoms with van der Waals surface area (Å²) in [5.74, 6) is -1.08. The lowest BCUT2D eigenvalue weighted by Crippen LogP contribution is -2.59. The van der Waals surface area contributed by atoms with E-state index < -0.39 is 23.5 Å². The Morgan fingerprint density at radius 2 is 2.00 bits per heavy atom. The van der Waals surface area contributed by atoms with Crippen LogP contribution in [0.5, 0.6) is 0 Å². The van der Waals surface area contributed by atoms with Gasteiger partial charge in [0.1, 0.15) is 6.10 Å². The van der Waals surface area contributed by atoms with Gasteiger partial charge in [-0.3, -0.25) is 24.6 Å². The van der Waals surface area contributed by atoms with Crippen LogP contribution in [0.1, 0.15) is 53.9 Å². The van der Waals surface area contributed by atoms with Crippen LogP contribution < -0.4 is 11.0 Å². The van der Waals surface area contributed by atoms with Crippen LogP contribution in [-0.4, -0.2) is 39.0 Å². The molecule has 31 heavy (non-hydrogen) atoms. The molecule has 164 valence electrons. The number of carbonyl (C=O) groups is 2. The molecule has 8 nitrogen and oxygen atoms in total. The number of carbonyl (C=O) groups excluding carboxylic acids is 2. The fourth-order valence-corrected chi connectivity index (χ4v) is 3.72. The molecule has 0 saturated carbocycles. The van der Waals surface area contributed by atoms with Crippen molar-refractivity contribution in [1.29, 1.82) is 0 Å². The number of hydroxylamine groups is 2. The van der Waals surface area contributed by atoms with Crippen LogP contribution in [0.4, 0.5) is 0 Å². The number of aromatic nitrogens is 1. The zero-order chi connectivity index (χ0) is 22.3. The molecule has 3 N–H and O–H groups in total. The van der Waals surface area contributed by atoms with Crippen molar-refractivity contribution in [2.45, 2.75) is 44.8 Å². The van der Waals surface area contributed by atoms with E-state index >= 15 is 0 Å². The van der Waals surface area contributed by atoms with Gasteiger partial charge in [-0.1, -0.05) is 24.3 Å². The lowest BCUT2D eigenvalue weighted by molar-refractivity contribution is -0.156. The molecule has 2 atom stereocenters. The summed E-state index contributed by atoms with van der Waals surface area (Å²) in [5.41, 5.74) is 4.72. The number of aryl methyl sites for hydroxylation is 1. The van der Waals surface area contributed by atoms with E-state index in [1.165, 1.54) is 0 Å². The van der Waals surface area contributed by atoms with Crippen molar-refractivity contribution in [1.82, 2.24) is 20.8 Å². The minimum Gasteiger partial charge on any atom is -0.361 e. The molecule has 3 rings (SSSR count). The molecule has 0 bridgehead atoms. The first-order valence-electron chi connectivity index (χ1n) is 10.3. The Balaban J connectivity index is 1.99. The molecule has 0 spiro atoms. The Morgan fingerprint density at radius 1 is 1.23 bits per heavy atom. The Morgan fingerprint density at radius 3 is 2.71 bits per heavy atom. The first-order chi connectivity index (χ1) is 15.0. The van der Waals surface area contributed by atoms with Crippen LogP contribution in [0.3, 0.4) is 0 Å². The molecular weight excluding hydrogens is 396 g/mol. The number of nitrogens with zero attached hydrogens (tertiary/aromatic N) is 2. The molecule has 1 unspecified atom stereocenters. The van der Waals surface area contributed by atoms with Crippen LogP contribution >= 0.6 is 0 Å². The average Bonchev–Trinajstić information content (AvgIpc) is 3.09. The highest BCUT2D eigenvalue weighted by molar-refractivity contribution is 5.93. The second kappa shape index (κ2) is 10.2. The van der Waals surface area contributed by atoms with Gasteiger partial charge in [0, 0.05) is 24.0 Å². The molecule has 0 aliphatic carbocycles. The SMILES string of the molecule is Cc1cc(C(ONC(=O)c2ccccc2)[C@](C)(C(=O)NO)N2C=CCCCC2)ccn1. The standard InChI is InChI=1S/C23H28N4O4/c1-17-16-19(12-13-24-17)20(31-26-21(28)18-10-6-5-7-11-18)23(2,22(29)25-30)27-14-8-3-4-9-15-27/h5-8,10-14,16,20,30H,3-4,9,15H2,1-2H3,(H,25,29)(H,26,28)/t20?,23-/m1/s1. The highest BCUT2D eigenvalue weighted by Crippen LogP contribution is 2.36. The Hall–Kier alpha value is -3.23. The fourth-order valence-electron chi connectivity index (χ4n) is 3.72. The maximum atomic E-state index is 13.0. The van der Waals surface area contributed by atoms with Crippen molar-refractivity contribution < 1.29 is 19.6 Å². The molecule has 2 amide bonds. The van der Waals surface area contributed by atoms with Crippen LogP contribution in [0, 0.1) is 6.92 Å². The van der Waals surface area contributed by atoms with Gasteiger partial charge in [-0.2, -0.15) is 0 Å². The number of benzene rings is 1. The summed E-state index contributed by atoms with van der Waals surface area (Å²) in [6, 6.07) is 12.2. The number of rotatable bonds is 7. The first kappa shape index (κ1) is 22.5. The first-order valence-corrected chi connectivity index (χ1v) is 10.3. The fraction of sp³-hybridized carbons (Fsp3) is 0.348. The summed E-state index contributed by atoms with van der Waals surface area (Å²) >= 11 is 0. The Labute approximate surface area is 181 Å². The number of pyridine rings is 1. The summed E-state index contributed by atoms with van der Waals surface area (Å²) in [6.07, 6.45) is 7.30. The summed E-state index contributed by atoms with van der Waals surface area (Å²) in [7, 11) is 0. The normalized spacial score (nSPS) is 16.7. The molecule has 8 heteroatoms. The molecule has 1 aliphatic rings. The zero-order valence-corrected chi connectivity index (χ0v) is 17.7. The van der Waals surface area contributed by atoms with E-state index in [4.69, 9.17) is 4.84 Å².